The molecule has 0 N–H and O–H groups in total. The predicted octanol–water partition coefficient (Wildman–Crippen LogP) is 3.34. The van der Waals surface area contributed by atoms with Crippen LogP contribution in [0.4, 0.5) is 11.5 Å². The molecule has 2 atom stereocenters. The molecule has 29 heavy (non-hydrogen) atoms. The smallest absolute Gasteiger partial charge is 0.232 e. The van der Waals surface area contributed by atoms with Crippen LogP contribution >= 0.6 is 0 Å². The summed E-state index contributed by atoms with van der Waals surface area (Å²) in [6.07, 6.45) is 10.1. The minimum atomic E-state index is 0.145. The summed E-state index contributed by atoms with van der Waals surface area (Å²) in [5.74, 6) is 2.62. The number of anilines is 2. The van der Waals surface area contributed by atoms with E-state index in [1.807, 2.05) is 12.4 Å². The van der Waals surface area contributed by atoms with Crippen LogP contribution in [-0.2, 0) is 6.42 Å². The Labute approximate surface area is 173 Å². The van der Waals surface area contributed by atoms with Crippen molar-refractivity contribution in [2.45, 2.75) is 45.6 Å². The van der Waals surface area contributed by atoms with Crippen LogP contribution < -0.4 is 19.3 Å². The molecule has 2 aromatic rings. The average Bonchev–Trinajstić information content (AvgIpc) is 3.30. The van der Waals surface area contributed by atoms with Gasteiger partial charge in [0.25, 0.3) is 0 Å². The maximum atomic E-state index is 6.22. The summed E-state index contributed by atoms with van der Waals surface area (Å²) in [4.78, 5) is 18.1. The van der Waals surface area contributed by atoms with Gasteiger partial charge < -0.3 is 19.3 Å². The number of hydrogen-bond acceptors (Lipinski definition) is 7. The summed E-state index contributed by atoms with van der Waals surface area (Å²) in [6.45, 7) is 8.43. The zero-order valence-corrected chi connectivity index (χ0v) is 17.7. The second kappa shape index (κ2) is 8.84. The maximum Gasteiger partial charge on any atom is 0.232 e. The highest BCUT2D eigenvalue weighted by atomic mass is 16.5. The van der Waals surface area contributed by atoms with E-state index in [2.05, 4.69) is 44.7 Å². The third kappa shape index (κ3) is 4.38. The number of pyridine rings is 1. The Morgan fingerprint density at radius 2 is 1.79 bits per heavy atom. The number of ether oxygens (including phenoxy) is 2. The first-order valence-corrected chi connectivity index (χ1v) is 10.7. The fourth-order valence-corrected chi connectivity index (χ4v) is 4.29. The van der Waals surface area contributed by atoms with Gasteiger partial charge in [-0.25, -0.2) is 15.0 Å². The van der Waals surface area contributed by atoms with Crippen molar-refractivity contribution < 1.29 is 9.47 Å². The molecule has 4 rings (SSSR count). The summed E-state index contributed by atoms with van der Waals surface area (Å²) < 4.78 is 11.6. The fraction of sp³-hybridized carbons (Fsp3) is 0.591. The molecule has 0 spiro atoms. The molecule has 156 valence electrons. The number of aryl methyl sites for hydroxylation is 1. The lowest BCUT2D eigenvalue weighted by molar-refractivity contribution is 0.115. The van der Waals surface area contributed by atoms with Crippen molar-refractivity contribution in [2.24, 2.45) is 5.92 Å². The van der Waals surface area contributed by atoms with Gasteiger partial charge in [-0.3, -0.25) is 0 Å². The molecule has 7 nitrogen and oxygen atoms in total. The zero-order chi connectivity index (χ0) is 20.2. The van der Waals surface area contributed by atoms with Crippen molar-refractivity contribution in [1.29, 1.82) is 0 Å². The normalized spacial score (nSPS) is 22.0. The topological polar surface area (TPSA) is 63.6 Å². The lowest BCUT2D eigenvalue weighted by atomic mass is 9.95. The Balaban J connectivity index is 1.39. The van der Waals surface area contributed by atoms with E-state index in [0.717, 1.165) is 44.8 Å². The molecule has 0 unspecified atom stereocenters. The van der Waals surface area contributed by atoms with Crippen LogP contribution in [0.5, 0.6) is 11.8 Å². The van der Waals surface area contributed by atoms with Gasteiger partial charge in [-0.15, -0.1) is 0 Å². The number of rotatable bonds is 6. The van der Waals surface area contributed by atoms with E-state index < -0.39 is 0 Å². The number of hydrogen-bond donors (Lipinski definition) is 0. The lowest BCUT2D eigenvalue weighted by Gasteiger charge is -2.38. The second-order valence-corrected chi connectivity index (χ2v) is 7.98. The van der Waals surface area contributed by atoms with Crippen LogP contribution in [0.15, 0.2) is 24.7 Å². The van der Waals surface area contributed by atoms with E-state index in [-0.39, 0.29) is 6.10 Å². The van der Waals surface area contributed by atoms with E-state index in [1.165, 1.54) is 24.1 Å². The van der Waals surface area contributed by atoms with E-state index in [4.69, 9.17) is 9.47 Å². The van der Waals surface area contributed by atoms with Crippen molar-refractivity contribution in [3.8, 4) is 11.8 Å². The summed E-state index contributed by atoms with van der Waals surface area (Å²) >= 11 is 0. The third-order valence-electron chi connectivity index (χ3n) is 6.01. The molecule has 4 heterocycles. The highest BCUT2D eigenvalue weighted by Crippen LogP contribution is 2.30. The molecule has 2 saturated heterocycles. The van der Waals surface area contributed by atoms with Crippen molar-refractivity contribution in [3.05, 3.63) is 30.2 Å². The van der Waals surface area contributed by atoms with E-state index in [9.17, 15) is 0 Å². The lowest BCUT2D eigenvalue weighted by Crippen LogP contribution is -2.45. The van der Waals surface area contributed by atoms with Crippen molar-refractivity contribution in [1.82, 2.24) is 15.0 Å². The van der Waals surface area contributed by atoms with Crippen molar-refractivity contribution in [3.63, 3.8) is 0 Å². The minimum absolute atomic E-state index is 0.145. The SMILES string of the molecule is CCc1cnc(OC)cc1N1CC[C@@H](Oc2cnc(N3CCCC3)cn2)[C@H](C)C1. The summed E-state index contributed by atoms with van der Waals surface area (Å²) in [7, 11) is 1.66. The van der Waals surface area contributed by atoms with Gasteiger partial charge in [0.05, 0.1) is 19.5 Å². The average molecular weight is 398 g/mol. The van der Waals surface area contributed by atoms with Gasteiger partial charge in [0, 0.05) is 56.5 Å². The summed E-state index contributed by atoms with van der Waals surface area (Å²) in [6, 6.07) is 2.05. The Hall–Kier alpha value is -2.57. The molecule has 0 aromatic carbocycles. The monoisotopic (exact) mass is 397 g/mol. The largest absolute Gasteiger partial charge is 0.481 e. The first-order chi connectivity index (χ1) is 14.2. The Morgan fingerprint density at radius 3 is 2.45 bits per heavy atom. The molecule has 7 heteroatoms. The van der Waals surface area contributed by atoms with Gasteiger partial charge >= 0.3 is 0 Å². The van der Waals surface area contributed by atoms with Gasteiger partial charge in [0.1, 0.15) is 11.9 Å². The molecule has 2 aromatic heterocycles. The van der Waals surface area contributed by atoms with Crippen LogP contribution in [0.3, 0.4) is 0 Å². The first kappa shape index (κ1) is 19.7. The number of methoxy groups -OCH3 is 1. The third-order valence-corrected chi connectivity index (χ3v) is 6.01. The molecule has 0 amide bonds. The standard InChI is InChI=1S/C22H31N5O2/c1-4-17-12-24-21(28-3)11-18(17)27-10-7-19(16(2)15-27)29-22-14-23-20(13-25-22)26-8-5-6-9-26/h11-14,16,19H,4-10,15H2,1-3H3/t16-,19-/m1/s1. The van der Waals surface area contributed by atoms with Crippen molar-refractivity contribution >= 4 is 11.5 Å². The molecule has 0 saturated carbocycles. The van der Waals surface area contributed by atoms with Gasteiger partial charge in [0.2, 0.25) is 11.8 Å². The van der Waals surface area contributed by atoms with Crippen LogP contribution in [0.25, 0.3) is 0 Å². The zero-order valence-electron chi connectivity index (χ0n) is 17.7. The molecular weight excluding hydrogens is 366 g/mol. The Morgan fingerprint density at radius 1 is 1.00 bits per heavy atom. The van der Waals surface area contributed by atoms with E-state index in [1.54, 1.807) is 13.3 Å². The maximum absolute atomic E-state index is 6.22. The van der Waals surface area contributed by atoms with Crippen LogP contribution in [-0.4, -0.2) is 54.3 Å². The molecule has 0 aliphatic carbocycles. The Kier molecular flexibility index (Phi) is 6.02. The molecule has 2 aliphatic heterocycles. The van der Waals surface area contributed by atoms with Crippen LogP contribution in [0.2, 0.25) is 0 Å². The summed E-state index contributed by atoms with van der Waals surface area (Å²) in [5, 5.41) is 0. The van der Waals surface area contributed by atoms with Gasteiger partial charge in [-0.05, 0) is 24.8 Å². The number of aromatic nitrogens is 3. The molecular formula is C22H31N5O2. The summed E-state index contributed by atoms with van der Waals surface area (Å²) in [5.41, 5.74) is 2.47. The minimum Gasteiger partial charge on any atom is -0.481 e. The van der Waals surface area contributed by atoms with Crippen LogP contribution in [0, 0.1) is 5.92 Å². The van der Waals surface area contributed by atoms with Gasteiger partial charge in [-0.1, -0.05) is 13.8 Å². The number of piperidine rings is 1. The highest BCUT2D eigenvalue weighted by molar-refractivity contribution is 5.55. The van der Waals surface area contributed by atoms with Gasteiger partial charge in [-0.2, -0.15) is 0 Å². The number of nitrogens with zero attached hydrogens (tertiary/aromatic N) is 5. The second-order valence-electron chi connectivity index (χ2n) is 7.98. The quantitative estimate of drug-likeness (QED) is 0.741. The van der Waals surface area contributed by atoms with Gasteiger partial charge in [0.15, 0.2) is 0 Å². The van der Waals surface area contributed by atoms with E-state index in [0.29, 0.717) is 17.7 Å². The van der Waals surface area contributed by atoms with Crippen LogP contribution in [0.1, 0.15) is 38.7 Å². The molecule has 0 bridgehead atoms. The first-order valence-electron chi connectivity index (χ1n) is 10.7. The molecule has 2 fully saturated rings. The highest BCUT2D eigenvalue weighted by Gasteiger charge is 2.29. The predicted molar refractivity (Wildman–Crippen MR) is 114 cm³/mol. The van der Waals surface area contributed by atoms with Crippen molar-refractivity contribution in [2.75, 3.05) is 43.1 Å². The van der Waals surface area contributed by atoms with E-state index >= 15 is 0 Å². The fourth-order valence-electron chi connectivity index (χ4n) is 4.29. The molecule has 2 aliphatic rings. The molecule has 0 radical (unpaired) electrons. The Bertz CT molecular complexity index is 807.